The van der Waals surface area contributed by atoms with Gasteiger partial charge in [0.2, 0.25) is 0 Å². The van der Waals surface area contributed by atoms with Gasteiger partial charge in [-0.3, -0.25) is 0 Å². The van der Waals surface area contributed by atoms with Gasteiger partial charge in [0, 0.05) is 6.07 Å². The molecule has 0 radical (unpaired) electrons. The molecule has 0 aliphatic rings. The van der Waals surface area contributed by atoms with Gasteiger partial charge >= 0.3 is 0 Å². The Kier molecular flexibility index (Phi) is 5.51. The van der Waals surface area contributed by atoms with Crippen molar-refractivity contribution >= 4 is 0 Å². The van der Waals surface area contributed by atoms with E-state index >= 15 is 0 Å². The van der Waals surface area contributed by atoms with E-state index < -0.39 is 0 Å². The van der Waals surface area contributed by atoms with Gasteiger partial charge in [-0.2, -0.15) is 0 Å². The first kappa shape index (κ1) is 13.5. The average molecular weight is 236 g/mol. The summed E-state index contributed by atoms with van der Waals surface area (Å²) in [4.78, 5) is 0. The van der Waals surface area contributed by atoms with Crippen molar-refractivity contribution in [2.45, 2.75) is 32.8 Å². The molecule has 92 valence electrons. The monoisotopic (exact) mass is 236 g/mol. The second kappa shape index (κ2) is 6.93. The van der Waals surface area contributed by atoms with Gasteiger partial charge in [-0.05, 0) is 25.5 Å². The summed E-state index contributed by atoms with van der Waals surface area (Å²) in [5.41, 5.74) is 0.600. The molecule has 1 N–H and O–H groups in total. The Labute approximate surface area is 101 Å². The number of ether oxygens (including phenoxy) is 1. The predicted molar refractivity (Wildman–Crippen MR) is 65.4 cm³/mol. The van der Waals surface area contributed by atoms with E-state index in [2.05, 4.69) is 18.8 Å². The Morgan fingerprint density at radius 2 is 2.24 bits per heavy atom. The zero-order valence-electron chi connectivity index (χ0n) is 10.2. The minimum atomic E-state index is -0.349. The fourth-order valence-corrected chi connectivity index (χ4v) is 1.51. The van der Waals surface area contributed by atoms with Gasteiger partial charge in [-0.25, -0.2) is 4.39 Å². The molecule has 0 bridgehead atoms. The lowest BCUT2D eigenvalue weighted by molar-refractivity contribution is 0.208. The van der Waals surface area contributed by atoms with E-state index in [1.165, 1.54) is 12.1 Å². The van der Waals surface area contributed by atoms with E-state index in [4.69, 9.17) is 9.84 Å². The lowest BCUT2D eigenvalue weighted by Crippen LogP contribution is -2.12. The Morgan fingerprint density at radius 1 is 1.47 bits per heavy atom. The summed E-state index contributed by atoms with van der Waals surface area (Å²) in [5, 5.41) is 8.65. The van der Waals surface area contributed by atoms with Gasteiger partial charge in [0.05, 0.1) is 11.7 Å². The van der Waals surface area contributed by atoms with Gasteiger partial charge < -0.3 is 9.84 Å². The SMILES string of the molecule is CCCC(C)Oc1cc(F)ccc1C#CCO. The van der Waals surface area contributed by atoms with Crippen LogP contribution in [-0.4, -0.2) is 17.8 Å². The highest BCUT2D eigenvalue weighted by Gasteiger charge is 2.07. The molecule has 1 rings (SSSR count). The summed E-state index contributed by atoms with van der Waals surface area (Å²) in [6.45, 7) is 3.79. The third-order valence-electron chi connectivity index (χ3n) is 2.27. The molecule has 0 aliphatic carbocycles. The third kappa shape index (κ3) is 4.46. The highest BCUT2D eigenvalue weighted by atomic mass is 19.1. The van der Waals surface area contributed by atoms with Crippen LogP contribution in [0.15, 0.2) is 18.2 Å². The predicted octanol–water partition coefficient (Wildman–Crippen LogP) is 2.74. The quantitative estimate of drug-likeness (QED) is 0.814. The summed E-state index contributed by atoms with van der Waals surface area (Å²) in [7, 11) is 0. The standard InChI is InChI=1S/C14H17FO2/c1-3-5-11(2)17-14-10-13(15)8-7-12(14)6-4-9-16/h7-8,10-11,16H,3,5,9H2,1-2H3. The summed E-state index contributed by atoms with van der Waals surface area (Å²) in [5.74, 6) is 5.37. The van der Waals surface area contributed by atoms with Crippen molar-refractivity contribution in [1.29, 1.82) is 0 Å². The first-order valence-corrected chi connectivity index (χ1v) is 5.73. The van der Waals surface area contributed by atoms with Crippen molar-refractivity contribution < 1.29 is 14.2 Å². The second-order valence-corrected chi connectivity index (χ2v) is 3.82. The maximum absolute atomic E-state index is 13.1. The highest BCUT2D eigenvalue weighted by molar-refractivity contribution is 5.46. The number of aliphatic hydroxyl groups excluding tert-OH is 1. The number of halogens is 1. The van der Waals surface area contributed by atoms with Crippen LogP contribution in [0.1, 0.15) is 32.3 Å². The van der Waals surface area contributed by atoms with Crippen LogP contribution in [0.5, 0.6) is 5.75 Å². The molecule has 2 nitrogen and oxygen atoms in total. The summed E-state index contributed by atoms with van der Waals surface area (Å²) in [6.07, 6.45) is 1.94. The van der Waals surface area contributed by atoms with Crippen LogP contribution in [0.3, 0.4) is 0 Å². The Hall–Kier alpha value is -1.53. The second-order valence-electron chi connectivity index (χ2n) is 3.82. The fraction of sp³-hybridized carbons (Fsp3) is 0.429. The maximum Gasteiger partial charge on any atom is 0.138 e. The Balaban J connectivity index is 2.90. The normalized spacial score (nSPS) is 11.5. The van der Waals surface area contributed by atoms with E-state index in [1.807, 2.05) is 6.92 Å². The van der Waals surface area contributed by atoms with Crippen LogP contribution in [0.25, 0.3) is 0 Å². The van der Waals surface area contributed by atoms with Gasteiger partial charge in [-0.1, -0.05) is 25.2 Å². The zero-order chi connectivity index (χ0) is 12.7. The van der Waals surface area contributed by atoms with Crippen LogP contribution >= 0.6 is 0 Å². The van der Waals surface area contributed by atoms with Crippen molar-refractivity contribution in [2.24, 2.45) is 0 Å². The number of benzene rings is 1. The number of hydrogen-bond acceptors (Lipinski definition) is 2. The first-order valence-electron chi connectivity index (χ1n) is 5.73. The van der Waals surface area contributed by atoms with Gasteiger partial charge in [0.25, 0.3) is 0 Å². The van der Waals surface area contributed by atoms with Crippen LogP contribution in [0.2, 0.25) is 0 Å². The van der Waals surface area contributed by atoms with Gasteiger partial charge in [0.1, 0.15) is 18.2 Å². The number of rotatable bonds is 4. The van der Waals surface area contributed by atoms with E-state index in [9.17, 15) is 4.39 Å². The molecule has 1 aromatic carbocycles. The van der Waals surface area contributed by atoms with E-state index in [0.29, 0.717) is 11.3 Å². The number of hydrogen-bond donors (Lipinski definition) is 1. The summed E-state index contributed by atoms with van der Waals surface area (Å²) in [6, 6.07) is 4.22. The van der Waals surface area contributed by atoms with Gasteiger partial charge in [-0.15, -0.1) is 0 Å². The Bertz CT molecular complexity index is 418. The van der Waals surface area contributed by atoms with Crippen LogP contribution in [0.4, 0.5) is 4.39 Å². The molecule has 17 heavy (non-hydrogen) atoms. The Morgan fingerprint density at radius 3 is 2.88 bits per heavy atom. The molecule has 0 heterocycles. The topological polar surface area (TPSA) is 29.5 Å². The largest absolute Gasteiger partial charge is 0.489 e. The van der Waals surface area contributed by atoms with Crippen molar-refractivity contribution in [1.82, 2.24) is 0 Å². The molecule has 0 saturated carbocycles. The van der Waals surface area contributed by atoms with Gasteiger partial charge in [0.15, 0.2) is 0 Å². The zero-order valence-corrected chi connectivity index (χ0v) is 10.2. The molecular weight excluding hydrogens is 219 g/mol. The molecule has 0 aromatic heterocycles. The van der Waals surface area contributed by atoms with Crippen LogP contribution in [0, 0.1) is 17.7 Å². The van der Waals surface area contributed by atoms with E-state index in [0.717, 1.165) is 12.8 Å². The van der Waals surface area contributed by atoms with Crippen molar-refractivity contribution in [2.75, 3.05) is 6.61 Å². The molecule has 0 aliphatic heterocycles. The minimum absolute atomic E-state index is 0.0245. The molecule has 1 aromatic rings. The lowest BCUT2D eigenvalue weighted by Gasteiger charge is -2.15. The molecule has 3 heteroatoms. The van der Waals surface area contributed by atoms with Crippen molar-refractivity contribution in [3.05, 3.63) is 29.6 Å². The maximum atomic E-state index is 13.1. The molecule has 1 atom stereocenters. The van der Waals surface area contributed by atoms with E-state index in [-0.39, 0.29) is 18.5 Å². The summed E-state index contributed by atoms with van der Waals surface area (Å²) >= 11 is 0. The first-order chi connectivity index (χ1) is 8.17. The molecule has 0 spiro atoms. The van der Waals surface area contributed by atoms with Crippen LogP contribution in [-0.2, 0) is 0 Å². The summed E-state index contributed by atoms with van der Waals surface area (Å²) < 4.78 is 18.8. The van der Waals surface area contributed by atoms with Crippen LogP contribution < -0.4 is 4.74 Å². The number of aliphatic hydroxyl groups is 1. The fourth-order valence-electron chi connectivity index (χ4n) is 1.51. The molecular formula is C14H17FO2. The molecule has 0 fully saturated rings. The highest BCUT2D eigenvalue weighted by Crippen LogP contribution is 2.21. The van der Waals surface area contributed by atoms with Crippen molar-refractivity contribution in [3.63, 3.8) is 0 Å². The molecule has 1 unspecified atom stereocenters. The molecule has 0 saturated heterocycles. The minimum Gasteiger partial charge on any atom is -0.489 e. The van der Waals surface area contributed by atoms with Crippen molar-refractivity contribution in [3.8, 4) is 17.6 Å². The average Bonchev–Trinajstić information content (AvgIpc) is 2.28. The molecule has 0 amide bonds. The smallest absolute Gasteiger partial charge is 0.138 e. The third-order valence-corrected chi connectivity index (χ3v) is 2.27. The lowest BCUT2D eigenvalue weighted by atomic mass is 10.2. The van der Waals surface area contributed by atoms with E-state index in [1.54, 1.807) is 6.07 Å².